The fraction of sp³-hybridized carbons (Fsp3) is 0.308. The molecule has 4 nitrogen and oxygen atoms in total. The normalized spacial score (nSPS) is 10.6. The van der Waals surface area contributed by atoms with Crippen molar-refractivity contribution >= 4 is 5.82 Å². The highest BCUT2D eigenvalue weighted by Gasteiger charge is 2.07. The molecule has 1 heterocycles. The molecule has 4 heteroatoms. The van der Waals surface area contributed by atoms with Gasteiger partial charge < -0.3 is 10.8 Å². The van der Waals surface area contributed by atoms with E-state index in [9.17, 15) is 0 Å². The number of nitrogen functional groups attached to an aromatic ring is 1. The summed E-state index contributed by atoms with van der Waals surface area (Å²) < 4.78 is 1.79. The quantitative estimate of drug-likeness (QED) is 0.818. The van der Waals surface area contributed by atoms with E-state index in [1.165, 1.54) is 5.56 Å². The molecule has 0 unspecified atom stereocenters. The summed E-state index contributed by atoms with van der Waals surface area (Å²) in [4.78, 5) is 0. The Labute approximate surface area is 101 Å². The molecule has 0 radical (unpaired) electrons. The number of nitrogens with zero attached hydrogens (tertiary/aromatic N) is 2. The van der Waals surface area contributed by atoms with Gasteiger partial charge in [-0.2, -0.15) is 5.10 Å². The lowest BCUT2D eigenvalue weighted by Gasteiger charge is -2.05. The fourth-order valence-corrected chi connectivity index (χ4v) is 1.78. The highest BCUT2D eigenvalue weighted by atomic mass is 16.2. The first-order valence-corrected chi connectivity index (χ1v) is 5.76. The summed E-state index contributed by atoms with van der Waals surface area (Å²) >= 11 is 0. The maximum atomic E-state index is 8.79. The molecule has 0 spiro atoms. The van der Waals surface area contributed by atoms with Crippen LogP contribution in [-0.4, -0.2) is 21.5 Å². The van der Waals surface area contributed by atoms with Crippen LogP contribution < -0.4 is 5.73 Å². The first-order chi connectivity index (χ1) is 8.31. The number of aromatic nitrogens is 2. The Morgan fingerprint density at radius 3 is 2.71 bits per heavy atom. The van der Waals surface area contributed by atoms with Crippen LogP contribution in [0.5, 0.6) is 0 Å². The highest BCUT2D eigenvalue weighted by molar-refractivity contribution is 5.39. The van der Waals surface area contributed by atoms with Crippen molar-refractivity contribution in [3.8, 4) is 0 Å². The summed E-state index contributed by atoms with van der Waals surface area (Å²) in [6.07, 6.45) is 3.28. The Morgan fingerprint density at radius 1 is 1.24 bits per heavy atom. The molecule has 0 bridgehead atoms. The molecular weight excluding hydrogens is 214 g/mol. The lowest BCUT2D eigenvalue weighted by atomic mass is 10.2. The molecule has 1 aromatic heterocycles. The van der Waals surface area contributed by atoms with E-state index in [4.69, 9.17) is 10.8 Å². The van der Waals surface area contributed by atoms with Crippen molar-refractivity contribution in [3.63, 3.8) is 0 Å². The van der Waals surface area contributed by atoms with Crippen LogP contribution in [0.2, 0.25) is 0 Å². The van der Waals surface area contributed by atoms with Gasteiger partial charge in [-0.25, -0.2) is 4.68 Å². The van der Waals surface area contributed by atoms with Gasteiger partial charge in [0.1, 0.15) is 5.82 Å². The second-order valence-electron chi connectivity index (χ2n) is 4.03. The van der Waals surface area contributed by atoms with Crippen molar-refractivity contribution < 1.29 is 5.11 Å². The molecule has 0 fully saturated rings. The molecule has 0 saturated carbocycles. The van der Waals surface area contributed by atoms with Gasteiger partial charge in [-0.05, 0) is 18.4 Å². The minimum absolute atomic E-state index is 0.184. The lowest BCUT2D eigenvalue weighted by molar-refractivity contribution is 0.288. The fourth-order valence-electron chi connectivity index (χ4n) is 1.78. The van der Waals surface area contributed by atoms with Crippen LogP contribution in [0.4, 0.5) is 5.82 Å². The number of aliphatic hydroxyl groups is 1. The van der Waals surface area contributed by atoms with E-state index in [1.54, 1.807) is 10.9 Å². The summed E-state index contributed by atoms with van der Waals surface area (Å²) in [7, 11) is 0. The summed E-state index contributed by atoms with van der Waals surface area (Å²) in [5, 5.41) is 13.1. The third-order valence-corrected chi connectivity index (χ3v) is 2.74. The number of benzene rings is 1. The second kappa shape index (κ2) is 5.50. The predicted molar refractivity (Wildman–Crippen MR) is 67.6 cm³/mol. The SMILES string of the molecule is Nc1c(CCCO)cnn1Cc1ccccc1. The molecule has 17 heavy (non-hydrogen) atoms. The van der Waals surface area contributed by atoms with Gasteiger partial charge in [-0.15, -0.1) is 0 Å². The summed E-state index contributed by atoms with van der Waals surface area (Å²) in [5.41, 5.74) is 8.20. The van der Waals surface area contributed by atoms with Crippen LogP contribution in [0, 0.1) is 0 Å². The molecule has 90 valence electrons. The van der Waals surface area contributed by atoms with E-state index in [0.717, 1.165) is 18.4 Å². The number of hydrogen-bond donors (Lipinski definition) is 2. The standard InChI is InChI=1S/C13H17N3O/c14-13-12(7-4-8-17)9-15-16(13)10-11-5-2-1-3-6-11/h1-3,5-6,9,17H,4,7-8,10,14H2. The van der Waals surface area contributed by atoms with Gasteiger partial charge in [0.25, 0.3) is 0 Å². The van der Waals surface area contributed by atoms with E-state index in [2.05, 4.69) is 17.2 Å². The number of aliphatic hydroxyl groups excluding tert-OH is 1. The highest BCUT2D eigenvalue weighted by Crippen LogP contribution is 2.14. The van der Waals surface area contributed by atoms with Gasteiger partial charge in [0, 0.05) is 12.2 Å². The second-order valence-corrected chi connectivity index (χ2v) is 4.03. The number of hydrogen-bond acceptors (Lipinski definition) is 3. The van der Waals surface area contributed by atoms with Crippen LogP contribution in [0.3, 0.4) is 0 Å². The van der Waals surface area contributed by atoms with E-state index in [0.29, 0.717) is 12.4 Å². The molecule has 0 aliphatic rings. The zero-order valence-electron chi connectivity index (χ0n) is 9.71. The summed E-state index contributed by atoms with van der Waals surface area (Å²) in [6, 6.07) is 10.1. The molecule has 3 N–H and O–H groups in total. The molecule has 2 aromatic rings. The number of anilines is 1. The number of aryl methyl sites for hydroxylation is 1. The van der Waals surface area contributed by atoms with Crippen molar-refractivity contribution in [3.05, 3.63) is 47.7 Å². The van der Waals surface area contributed by atoms with Gasteiger partial charge >= 0.3 is 0 Å². The van der Waals surface area contributed by atoms with Gasteiger partial charge in [0.2, 0.25) is 0 Å². The zero-order valence-corrected chi connectivity index (χ0v) is 9.71. The van der Waals surface area contributed by atoms with Gasteiger partial charge in [0.15, 0.2) is 0 Å². The number of nitrogens with two attached hydrogens (primary N) is 1. The van der Waals surface area contributed by atoms with E-state index in [-0.39, 0.29) is 6.61 Å². The number of rotatable bonds is 5. The first-order valence-electron chi connectivity index (χ1n) is 5.76. The van der Waals surface area contributed by atoms with Crippen molar-refractivity contribution in [2.75, 3.05) is 12.3 Å². The molecule has 0 aliphatic heterocycles. The van der Waals surface area contributed by atoms with E-state index < -0.39 is 0 Å². The topological polar surface area (TPSA) is 64.1 Å². The maximum Gasteiger partial charge on any atom is 0.125 e. The van der Waals surface area contributed by atoms with Crippen molar-refractivity contribution in [1.29, 1.82) is 0 Å². The van der Waals surface area contributed by atoms with Crippen LogP contribution in [0.1, 0.15) is 17.5 Å². The van der Waals surface area contributed by atoms with E-state index >= 15 is 0 Å². The summed E-state index contributed by atoms with van der Waals surface area (Å²) in [6.45, 7) is 0.870. The smallest absolute Gasteiger partial charge is 0.125 e. The minimum Gasteiger partial charge on any atom is -0.396 e. The van der Waals surface area contributed by atoms with Gasteiger partial charge in [-0.1, -0.05) is 30.3 Å². The van der Waals surface area contributed by atoms with E-state index in [1.807, 2.05) is 18.2 Å². The molecule has 0 atom stereocenters. The van der Waals surface area contributed by atoms with Crippen molar-refractivity contribution in [2.45, 2.75) is 19.4 Å². The third-order valence-electron chi connectivity index (χ3n) is 2.74. The first kappa shape index (κ1) is 11.7. The van der Waals surface area contributed by atoms with Crippen molar-refractivity contribution in [1.82, 2.24) is 9.78 Å². The van der Waals surface area contributed by atoms with Gasteiger partial charge in [0.05, 0.1) is 12.7 Å². The Bertz CT molecular complexity index is 465. The Balaban J connectivity index is 2.09. The Morgan fingerprint density at radius 2 is 2.00 bits per heavy atom. The predicted octanol–water partition coefficient (Wildman–Crippen LogP) is 1.44. The van der Waals surface area contributed by atoms with Crippen LogP contribution in [0.25, 0.3) is 0 Å². The lowest BCUT2D eigenvalue weighted by Crippen LogP contribution is -2.06. The molecular formula is C13H17N3O. The van der Waals surface area contributed by atoms with Gasteiger partial charge in [-0.3, -0.25) is 0 Å². The van der Waals surface area contributed by atoms with Crippen LogP contribution >= 0.6 is 0 Å². The van der Waals surface area contributed by atoms with Crippen LogP contribution in [0.15, 0.2) is 36.5 Å². The molecule has 0 saturated heterocycles. The average Bonchev–Trinajstić information content (AvgIpc) is 2.70. The van der Waals surface area contributed by atoms with Crippen LogP contribution in [-0.2, 0) is 13.0 Å². The monoisotopic (exact) mass is 231 g/mol. The largest absolute Gasteiger partial charge is 0.396 e. The Hall–Kier alpha value is -1.81. The third kappa shape index (κ3) is 2.85. The summed E-state index contributed by atoms with van der Waals surface area (Å²) in [5.74, 6) is 0.697. The van der Waals surface area contributed by atoms with Crippen molar-refractivity contribution in [2.24, 2.45) is 0 Å². The molecule has 1 aromatic carbocycles. The molecule has 0 amide bonds. The average molecular weight is 231 g/mol. The Kier molecular flexibility index (Phi) is 3.77. The molecule has 2 rings (SSSR count). The molecule has 0 aliphatic carbocycles. The zero-order chi connectivity index (χ0) is 12.1. The minimum atomic E-state index is 0.184. The maximum absolute atomic E-state index is 8.79.